The van der Waals surface area contributed by atoms with Crippen LogP contribution in [0.1, 0.15) is 80.4 Å². The summed E-state index contributed by atoms with van der Waals surface area (Å²) in [6.07, 6.45) is -0.0446. The Balaban J connectivity index is 1.34. The Morgan fingerprint density at radius 3 is 1.93 bits per heavy atom. The molecular weight excluding hydrogens is 571 g/mol. The molecular formula is C32H27F9O. The van der Waals surface area contributed by atoms with Crippen molar-refractivity contribution in [3.05, 3.63) is 76.4 Å². The highest BCUT2D eigenvalue weighted by atomic mass is 19.4. The number of halogens is 9. The zero-order chi connectivity index (χ0) is 30.2. The molecule has 0 radical (unpaired) electrons. The van der Waals surface area contributed by atoms with E-state index in [0.29, 0.717) is 23.5 Å². The van der Waals surface area contributed by atoms with Gasteiger partial charge in [-0.15, -0.1) is 0 Å². The van der Waals surface area contributed by atoms with Gasteiger partial charge in [-0.05, 0) is 90.8 Å². The molecule has 10 heteroatoms. The number of alkyl halides is 5. The van der Waals surface area contributed by atoms with Crippen LogP contribution in [0.4, 0.5) is 39.5 Å². The third kappa shape index (κ3) is 6.50. The summed E-state index contributed by atoms with van der Waals surface area (Å²) in [5.74, 6) is -3.25. The Kier molecular flexibility index (Phi) is 8.41. The van der Waals surface area contributed by atoms with Crippen LogP contribution in [-0.4, -0.2) is 6.18 Å². The second-order valence-electron chi connectivity index (χ2n) is 11.2. The Hall–Kier alpha value is -3.35. The van der Waals surface area contributed by atoms with Gasteiger partial charge in [0, 0.05) is 11.3 Å². The number of benzene rings is 3. The van der Waals surface area contributed by atoms with Gasteiger partial charge in [0.2, 0.25) is 0 Å². The second kappa shape index (κ2) is 11.7. The molecule has 3 aromatic carbocycles. The molecule has 5 rings (SSSR count). The zero-order valence-electron chi connectivity index (χ0n) is 22.4. The summed E-state index contributed by atoms with van der Waals surface area (Å²) < 4.78 is 131. The van der Waals surface area contributed by atoms with Crippen molar-refractivity contribution in [3.8, 4) is 17.6 Å². The van der Waals surface area contributed by atoms with Crippen LogP contribution in [0, 0.1) is 46.9 Å². The summed E-state index contributed by atoms with van der Waals surface area (Å²) >= 11 is 0. The number of hydrogen-bond acceptors (Lipinski definition) is 1. The van der Waals surface area contributed by atoms with E-state index in [0.717, 1.165) is 61.9 Å². The van der Waals surface area contributed by atoms with E-state index in [1.54, 1.807) is 0 Å². The number of hydrogen-bond donors (Lipinski definition) is 0. The summed E-state index contributed by atoms with van der Waals surface area (Å²) in [6, 6.07) is 4.90. The van der Waals surface area contributed by atoms with Gasteiger partial charge < -0.3 is 4.74 Å². The molecule has 0 unspecified atom stereocenters. The van der Waals surface area contributed by atoms with Crippen molar-refractivity contribution in [2.45, 2.75) is 76.0 Å². The minimum Gasteiger partial charge on any atom is -0.429 e. The van der Waals surface area contributed by atoms with Gasteiger partial charge in [0.05, 0.1) is 5.56 Å². The number of fused-ring (bicyclic) bond motifs is 1. The topological polar surface area (TPSA) is 9.23 Å². The van der Waals surface area contributed by atoms with Crippen LogP contribution in [0.3, 0.4) is 0 Å². The van der Waals surface area contributed by atoms with Crippen molar-refractivity contribution >= 4 is 10.8 Å². The van der Waals surface area contributed by atoms with Crippen molar-refractivity contribution in [2.24, 2.45) is 11.8 Å². The van der Waals surface area contributed by atoms with Crippen molar-refractivity contribution < 1.29 is 44.3 Å². The minimum atomic E-state index is -4.99. The lowest BCUT2D eigenvalue weighted by Gasteiger charge is -2.36. The molecule has 0 aromatic heterocycles. The van der Waals surface area contributed by atoms with E-state index in [9.17, 15) is 30.7 Å². The zero-order valence-corrected chi connectivity index (χ0v) is 22.4. The highest BCUT2D eigenvalue weighted by Gasteiger charge is 2.42. The lowest BCUT2D eigenvalue weighted by molar-refractivity contribution is -0.189. The fourth-order valence-electron chi connectivity index (χ4n) is 6.45. The molecule has 2 fully saturated rings. The second-order valence-corrected chi connectivity index (χ2v) is 11.2. The molecule has 0 heterocycles. The fourth-order valence-corrected chi connectivity index (χ4v) is 6.45. The molecule has 0 atom stereocenters. The van der Waals surface area contributed by atoms with Crippen molar-refractivity contribution in [2.75, 3.05) is 0 Å². The molecule has 0 N–H and O–H groups in total. The summed E-state index contributed by atoms with van der Waals surface area (Å²) in [5, 5.41) is -0.755. The first kappa shape index (κ1) is 30.1. The maximum atomic E-state index is 15.1. The predicted molar refractivity (Wildman–Crippen MR) is 139 cm³/mol. The SMILES string of the molecule is Fc1cc2cc(OC(F)(F)c3c(F)cc(C4CCC(C5CCCCC5)CC4)cc3F)ccc2c(F)c1C#CC(F)(F)F. The molecule has 0 aliphatic heterocycles. The van der Waals surface area contributed by atoms with Gasteiger partial charge >= 0.3 is 12.3 Å². The molecule has 1 nitrogen and oxygen atoms in total. The van der Waals surface area contributed by atoms with Crippen LogP contribution in [0.2, 0.25) is 0 Å². The molecule has 3 aromatic rings. The molecule has 2 saturated carbocycles. The van der Waals surface area contributed by atoms with Crippen molar-refractivity contribution in [1.82, 2.24) is 0 Å². The lowest BCUT2D eigenvalue weighted by atomic mass is 9.70. The average molecular weight is 599 g/mol. The Labute approximate surface area is 237 Å². The van der Waals surface area contributed by atoms with Crippen molar-refractivity contribution in [1.29, 1.82) is 0 Å². The first-order chi connectivity index (χ1) is 19.8. The monoisotopic (exact) mass is 598 g/mol. The van der Waals surface area contributed by atoms with Crippen molar-refractivity contribution in [3.63, 3.8) is 0 Å². The summed E-state index contributed by atoms with van der Waals surface area (Å²) in [6.45, 7) is 0. The normalized spacial score (nSPS) is 20.3. The van der Waals surface area contributed by atoms with Gasteiger partial charge in [-0.1, -0.05) is 38.0 Å². The first-order valence-electron chi connectivity index (χ1n) is 13.9. The molecule has 42 heavy (non-hydrogen) atoms. The number of ether oxygens (including phenoxy) is 1. The summed E-state index contributed by atoms with van der Waals surface area (Å²) in [7, 11) is 0. The van der Waals surface area contributed by atoms with Gasteiger partial charge in [0.15, 0.2) is 0 Å². The van der Waals surface area contributed by atoms with Crippen LogP contribution in [0.5, 0.6) is 5.75 Å². The van der Waals surface area contributed by atoms with Crippen LogP contribution >= 0.6 is 0 Å². The molecule has 224 valence electrons. The first-order valence-corrected chi connectivity index (χ1v) is 13.9. The molecule has 0 saturated heterocycles. The van der Waals surface area contributed by atoms with Crippen LogP contribution < -0.4 is 4.74 Å². The van der Waals surface area contributed by atoms with Gasteiger partial charge in [-0.2, -0.15) is 22.0 Å². The van der Waals surface area contributed by atoms with Crippen LogP contribution in [-0.2, 0) is 6.11 Å². The van der Waals surface area contributed by atoms with E-state index in [1.165, 1.54) is 38.0 Å². The Morgan fingerprint density at radius 1 is 0.690 bits per heavy atom. The van der Waals surface area contributed by atoms with E-state index >= 15 is 8.78 Å². The Bertz CT molecular complexity index is 1500. The Morgan fingerprint density at radius 2 is 1.31 bits per heavy atom. The van der Waals surface area contributed by atoms with E-state index in [-0.39, 0.29) is 11.3 Å². The molecule has 2 aliphatic rings. The third-order valence-corrected chi connectivity index (χ3v) is 8.49. The van der Waals surface area contributed by atoms with Gasteiger partial charge in [0.25, 0.3) is 0 Å². The molecule has 0 bridgehead atoms. The smallest absolute Gasteiger partial charge is 0.429 e. The molecule has 0 amide bonds. The fraction of sp³-hybridized carbons (Fsp3) is 0.438. The van der Waals surface area contributed by atoms with Crippen LogP contribution in [0.15, 0.2) is 36.4 Å². The summed E-state index contributed by atoms with van der Waals surface area (Å²) in [5.41, 5.74) is -2.43. The average Bonchev–Trinajstić information content (AvgIpc) is 2.92. The highest BCUT2D eigenvalue weighted by molar-refractivity contribution is 5.86. The van der Waals surface area contributed by atoms with Gasteiger partial charge in [-0.3, -0.25) is 0 Å². The van der Waals surface area contributed by atoms with Gasteiger partial charge in [-0.25, -0.2) is 17.6 Å². The van der Waals surface area contributed by atoms with E-state index in [1.807, 2.05) is 0 Å². The lowest BCUT2D eigenvalue weighted by Crippen LogP contribution is -2.26. The van der Waals surface area contributed by atoms with Crippen LogP contribution in [0.25, 0.3) is 10.8 Å². The third-order valence-electron chi connectivity index (χ3n) is 8.49. The standard InChI is InChI=1S/C32H27F9O/c33-26-17-22-14-23(10-11-24(22)30(36)25(26)12-13-31(37,38)39)42-32(40,41)29-27(34)15-21(16-28(29)35)20-8-6-19(7-9-20)18-4-2-1-3-5-18/h10-11,14-20H,1-9H2. The quantitative estimate of drug-likeness (QED) is 0.210. The van der Waals surface area contributed by atoms with E-state index in [2.05, 4.69) is 4.74 Å². The highest BCUT2D eigenvalue weighted by Crippen LogP contribution is 2.44. The molecule has 2 aliphatic carbocycles. The van der Waals surface area contributed by atoms with Gasteiger partial charge in [0.1, 0.15) is 34.6 Å². The van der Waals surface area contributed by atoms with E-state index in [4.69, 9.17) is 0 Å². The maximum Gasteiger partial charge on any atom is 0.458 e. The molecule has 0 spiro atoms. The van der Waals surface area contributed by atoms with E-state index < -0.39 is 57.8 Å². The minimum absolute atomic E-state index is 0.145. The number of rotatable bonds is 5. The summed E-state index contributed by atoms with van der Waals surface area (Å²) in [4.78, 5) is 0. The maximum absolute atomic E-state index is 15.1. The largest absolute Gasteiger partial charge is 0.458 e. The predicted octanol–water partition coefficient (Wildman–Crippen LogP) is 10.3.